The van der Waals surface area contributed by atoms with Gasteiger partial charge in [0.05, 0.1) is 0 Å². The average Bonchev–Trinajstić information content (AvgIpc) is 3.27. The molecule has 1 aliphatic rings. The number of H-pyrrole nitrogens is 1. The van der Waals surface area contributed by atoms with Crippen LogP contribution in [0.25, 0.3) is 10.9 Å². The van der Waals surface area contributed by atoms with Crippen LogP contribution < -0.4 is 0 Å². The lowest BCUT2D eigenvalue weighted by atomic mass is 9.86. The van der Waals surface area contributed by atoms with Gasteiger partial charge in [-0.3, -0.25) is 4.79 Å². The Morgan fingerprint density at radius 2 is 1.81 bits per heavy atom. The molecule has 1 aliphatic heterocycles. The van der Waals surface area contributed by atoms with Crippen molar-refractivity contribution in [3.8, 4) is 0 Å². The molecule has 134 valence electrons. The molecule has 3 nitrogen and oxygen atoms in total. The van der Waals surface area contributed by atoms with Crippen molar-refractivity contribution in [3.63, 3.8) is 0 Å². The van der Waals surface area contributed by atoms with Crippen LogP contribution >= 0.6 is 0 Å². The predicted octanol–water partition coefficient (Wildman–Crippen LogP) is 5.10. The molecule has 2 heterocycles. The second-order valence-electron chi connectivity index (χ2n) is 8.38. The Morgan fingerprint density at radius 1 is 1.08 bits per heavy atom. The summed E-state index contributed by atoms with van der Waals surface area (Å²) in [4.78, 5) is 18.4. The Labute approximate surface area is 155 Å². The summed E-state index contributed by atoms with van der Waals surface area (Å²) in [5.41, 5.74) is 4.56. The van der Waals surface area contributed by atoms with Gasteiger partial charge in [-0.05, 0) is 47.1 Å². The van der Waals surface area contributed by atoms with Crippen LogP contribution in [0.2, 0.25) is 0 Å². The minimum absolute atomic E-state index is 0.107. The van der Waals surface area contributed by atoms with Crippen LogP contribution in [0, 0.1) is 0 Å². The van der Waals surface area contributed by atoms with Gasteiger partial charge in [-0.1, -0.05) is 51.1 Å². The van der Waals surface area contributed by atoms with Crippen LogP contribution in [0.1, 0.15) is 54.7 Å². The fourth-order valence-corrected chi connectivity index (χ4v) is 3.81. The molecule has 1 unspecified atom stereocenters. The maximum atomic E-state index is 12.9. The van der Waals surface area contributed by atoms with Crippen molar-refractivity contribution in [1.29, 1.82) is 0 Å². The Bertz CT molecular complexity index is 898. The third-order valence-electron chi connectivity index (χ3n) is 5.46. The SMILES string of the molecule is CC(C)(C)c1ccc(C(=O)N2CCC(c3cc4ccccc4[nH]3)C2)cc1. The number of rotatable bonds is 2. The number of fused-ring (bicyclic) bond motifs is 1. The first-order valence-electron chi connectivity index (χ1n) is 9.39. The molecule has 0 aliphatic carbocycles. The van der Waals surface area contributed by atoms with Gasteiger partial charge in [0.15, 0.2) is 0 Å². The number of aromatic nitrogens is 1. The van der Waals surface area contributed by atoms with E-state index in [1.54, 1.807) is 0 Å². The summed E-state index contributed by atoms with van der Waals surface area (Å²) in [7, 11) is 0. The number of nitrogens with zero attached hydrogens (tertiary/aromatic N) is 1. The molecule has 0 bridgehead atoms. The molecule has 1 aromatic heterocycles. The lowest BCUT2D eigenvalue weighted by Crippen LogP contribution is -2.28. The number of likely N-dealkylation sites (tertiary alicyclic amines) is 1. The summed E-state index contributed by atoms with van der Waals surface area (Å²) in [5.74, 6) is 0.532. The van der Waals surface area contributed by atoms with Crippen molar-refractivity contribution < 1.29 is 4.79 Å². The van der Waals surface area contributed by atoms with E-state index in [1.807, 2.05) is 23.1 Å². The van der Waals surface area contributed by atoms with Gasteiger partial charge in [0.25, 0.3) is 5.91 Å². The van der Waals surface area contributed by atoms with Gasteiger partial charge < -0.3 is 9.88 Å². The highest BCUT2D eigenvalue weighted by Crippen LogP contribution is 2.30. The molecule has 2 aromatic carbocycles. The number of hydrogen-bond donors (Lipinski definition) is 1. The summed E-state index contributed by atoms with van der Waals surface area (Å²) in [6.45, 7) is 8.17. The Balaban J connectivity index is 1.48. The molecule has 0 spiro atoms. The first kappa shape index (κ1) is 16.9. The molecule has 1 N–H and O–H groups in total. The first-order valence-corrected chi connectivity index (χ1v) is 9.39. The van der Waals surface area contributed by atoms with Crippen LogP contribution in [-0.4, -0.2) is 28.9 Å². The van der Waals surface area contributed by atoms with E-state index in [-0.39, 0.29) is 11.3 Å². The highest BCUT2D eigenvalue weighted by molar-refractivity contribution is 5.94. The number of amides is 1. The van der Waals surface area contributed by atoms with Gasteiger partial charge in [0, 0.05) is 35.8 Å². The Kier molecular flexibility index (Phi) is 4.10. The average molecular weight is 346 g/mol. The monoisotopic (exact) mass is 346 g/mol. The number of nitrogens with one attached hydrogen (secondary N) is 1. The maximum absolute atomic E-state index is 12.9. The van der Waals surface area contributed by atoms with Crippen molar-refractivity contribution in [3.05, 3.63) is 71.4 Å². The van der Waals surface area contributed by atoms with E-state index in [0.717, 1.165) is 25.1 Å². The van der Waals surface area contributed by atoms with Crippen molar-refractivity contribution in [2.75, 3.05) is 13.1 Å². The summed E-state index contributed by atoms with van der Waals surface area (Å²) < 4.78 is 0. The molecular formula is C23H26N2O. The van der Waals surface area contributed by atoms with E-state index < -0.39 is 0 Å². The van der Waals surface area contributed by atoms with Gasteiger partial charge in [-0.15, -0.1) is 0 Å². The number of benzene rings is 2. The maximum Gasteiger partial charge on any atom is 0.253 e. The highest BCUT2D eigenvalue weighted by Gasteiger charge is 2.29. The minimum Gasteiger partial charge on any atom is -0.358 e. The lowest BCUT2D eigenvalue weighted by molar-refractivity contribution is 0.0790. The summed E-state index contributed by atoms with van der Waals surface area (Å²) >= 11 is 0. The zero-order valence-corrected chi connectivity index (χ0v) is 15.8. The van der Waals surface area contributed by atoms with E-state index in [1.165, 1.54) is 22.2 Å². The second-order valence-corrected chi connectivity index (χ2v) is 8.38. The Hall–Kier alpha value is -2.55. The number of hydrogen-bond acceptors (Lipinski definition) is 1. The zero-order chi connectivity index (χ0) is 18.3. The third-order valence-corrected chi connectivity index (χ3v) is 5.46. The molecular weight excluding hydrogens is 320 g/mol. The molecule has 0 saturated carbocycles. The fraction of sp³-hybridized carbons (Fsp3) is 0.348. The van der Waals surface area contributed by atoms with E-state index >= 15 is 0 Å². The van der Waals surface area contributed by atoms with Gasteiger partial charge >= 0.3 is 0 Å². The van der Waals surface area contributed by atoms with E-state index in [2.05, 4.69) is 62.2 Å². The molecule has 1 saturated heterocycles. The van der Waals surface area contributed by atoms with Crippen molar-refractivity contribution >= 4 is 16.8 Å². The fourth-order valence-electron chi connectivity index (χ4n) is 3.81. The smallest absolute Gasteiger partial charge is 0.253 e. The highest BCUT2D eigenvalue weighted by atomic mass is 16.2. The second kappa shape index (κ2) is 6.31. The van der Waals surface area contributed by atoms with Crippen LogP contribution in [0.15, 0.2) is 54.6 Å². The molecule has 1 atom stereocenters. The number of carbonyl (C=O) groups excluding carboxylic acids is 1. The predicted molar refractivity (Wildman–Crippen MR) is 107 cm³/mol. The van der Waals surface area contributed by atoms with Gasteiger partial charge in [0.1, 0.15) is 0 Å². The standard InChI is InChI=1S/C23H26N2O/c1-23(2,3)19-10-8-16(9-11-19)22(26)25-13-12-18(15-25)21-14-17-6-4-5-7-20(17)24-21/h4-11,14,18,24H,12-13,15H2,1-3H3. The molecule has 1 fully saturated rings. The van der Waals surface area contributed by atoms with Crippen molar-refractivity contribution in [2.45, 2.75) is 38.5 Å². The summed E-state index contributed by atoms with van der Waals surface area (Å²) in [5, 5.41) is 1.24. The third kappa shape index (κ3) is 3.14. The number of aromatic amines is 1. The molecule has 3 aromatic rings. The number of carbonyl (C=O) groups is 1. The summed E-state index contributed by atoms with van der Waals surface area (Å²) in [6, 6.07) is 18.7. The minimum atomic E-state index is 0.107. The lowest BCUT2D eigenvalue weighted by Gasteiger charge is -2.20. The van der Waals surface area contributed by atoms with Crippen LogP contribution in [0.3, 0.4) is 0 Å². The van der Waals surface area contributed by atoms with Gasteiger partial charge in [-0.25, -0.2) is 0 Å². The normalized spacial score (nSPS) is 17.8. The van der Waals surface area contributed by atoms with Crippen LogP contribution in [0.5, 0.6) is 0 Å². The van der Waals surface area contributed by atoms with Gasteiger partial charge in [-0.2, -0.15) is 0 Å². The Morgan fingerprint density at radius 3 is 2.50 bits per heavy atom. The largest absolute Gasteiger partial charge is 0.358 e. The molecule has 0 radical (unpaired) electrons. The molecule has 1 amide bonds. The van der Waals surface area contributed by atoms with E-state index in [9.17, 15) is 4.79 Å². The van der Waals surface area contributed by atoms with E-state index in [0.29, 0.717) is 5.92 Å². The summed E-state index contributed by atoms with van der Waals surface area (Å²) in [6.07, 6.45) is 1.01. The van der Waals surface area contributed by atoms with Crippen molar-refractivity contribution in [2.24, 2.45) is 0 Å². The van der Waals surface area contributed by atoms with Crippen LogP contribution in [-0.2, 0) is 5.41 Å². The molecule has 26 heavy (non-hydrogen) atoms. The van der Waals surface area contributed by atoms with E-state index in [4.69, 9.17) is 0 Å². The van der Waals surface area contributed by atoms with Crippen LogP contribution in [0.4, 0.5) is 0 Å². The van der Waals surface area contributed by atoms with Gasteiger partial charge in [0.2, 0.25) is 0 Å². The molecule has 3 heteroatoms. The quantitative estimate of drug-likeness (QED) is 0.689. The first-order chi connectivity index (χ1) is 12.4. The topological polar surface area (TPSA) is 36.1 Å². The zero-order valence-electron chi connectivity index (χ0n) is 15.8. The molecule has 4 rings (SSSR count). The van der Waals surface area contributed by atoms with Crippen molar-refractivity contribution in [1.82, 2.24) is 9.88 Å². The number of para-hydroxylation sites is 1.